The average Bonchev–Trinajstić information content (AvgIpc) is 2.83. The molecule has 0 saturated heterocycles. The lowest BCUT2D eigenvalue weighted by molar-refractivity contribution is -0.152. The normalized spacial score (nSPS) is 15.5. The third-order valence-electron chi connectivity index (χ3n) is 5.29. The summed E-state index contributed by atoms with van der Waals surface area (Å²) in [5.41, 5.74) is 0. The summed E-state index contributed by atoms with van der Waals surface area (Å²) in [6, 6.07) is 0. The number of carbonyl (C=O) groups excluding carboxylic acids is 4. The summed E-state index contributed by atoms with van der Waals surface area (Å²) in [6.07, 6.45) is 0.174. The van der Waals surface area contributed by atoms with Crippen molar-refractivity contribution in [3.63, 3.8) is 0 Å². The Bertz CT molecular complexity index is 612. The quantitative estimate of drug-likeness (QED) is 0.217. The van der Waals surface area contributed by atoms with Gasteiger partial charge in [0.25, 0.3) is 0 Å². The van der Waals surface area contributed by atoms with E-state index in [-0.39, 0.29) is 25.4 Å². The van der Waals surface area contributed by atoms with Crippen molar-refractivity contribution in [1.29, 1.82) is 0 Å². The molecule has 0 spiro atoms. The van der Waals surface area contributed by atoms with E-state index in [0.717, 1.165) is 0 Å². The largest absolute Gasteiger partial charge is 0.469 e. The number of thioether (sulfide) groups is 1. The molecular formula is C22H38O10S. The molecule has 0 aromatic rings. The van der Waals surface area contributed by atoms with Crippen LogP contribution in [0.4, 0.5) is 0 Å². The van der Waals surface area contributed by atoms with E-state index in [2.05, 4.69) is 0 Å². The summed E-state index contributed by atoms with van der Waals surface area (Å²) in [7, 11) is 8.19. The third-order valence-corrected chi connectivity index (χ3v) is 6.54. The Balaban J connectivity index is 5.47. The predicted octanol–water partition coefficient (Wildman–Crippen LogP) is 1.73. The van der Waals surface area contributed by atoms with Gasteiger partial charge in [0.2, 0.25) is 0 Å². The van der Waals surface area contributed by atoms with E-state index in [1.807, 2.05) is 0 Å². The maximum Gasteiger partial charge on any atom is 0.309 e. The van der Waals surface area contributed by atoms with Crippen LogP contribution in [0.1, 0.15) is 26.2 Å². The van der Waals surface area contributed by atoms with Crippen LogP contribution in [0.3, 0.4) is 0 Å². The second-order valence-corrected chi connectivity index (χ2v) is 8.72. The van der Waals surface area contributed by atoms with Gasteiger partial charge >= 0.3 is 23.9 Å². The fourth-order valence-electron chi connectivity index (χ4n) is 3.43. The number of methoxy groups -OCH3 is 6. The fourth-order valence-corrected chi connectivity index (χ4v) is 4.62. The minimum Gasteiger partial charge on any atom is -0.469 e. The molecule has 5 atom stereocenters. The topological polar surface area (TPSA) is 124 Å². The predicted molar refractivity (Wildman–Crippen MR) is 122 cm³/mol. The highest BCUT2D eigenvalue weighted by molar-refractivity contribution is 7.99. The monoisotopic (exact) mass is 494 g/mol. The molecule has 0 aliphatic rings. The highest BCUT2D eigenvalue weighted by Gasteiger charge is 2.35. The van der Waals surface area contributed by atoms with Crippen molar-refractivity contribution in [2.45, 2.75) is 32.3 Å². The zero-order valence-corrected chi connectivity index (χ0v) is 21.4. The molecule has 10 nitrogen and oxygen atoms in total. The van der Waals surface area contributed by atoms with Crippen LogP contribution in [-0.2, 0) is 47.6 Å². The Kier molecular flexibility index (Phi) is 16.6. The minimum atomic E-state index is -0.772. The maximum atomic E-state index is 12.5. The Morgan fingerprint density at radius 1 is 0.636 bits per heavy atom. The number of hydrogen-bond acceptors (Lipinski definition) is 11. The lowest BCUT2D eigenvalue weighted by Gasteiger charge is -2.25. The van der Waals surface area contributed by atoms with Gasteiger partial charge in [-0.2, -0.15) is 11.8 Å². The van der Waals surface area contributed by atoms with Crippen LogP contribution in [0.5, 0.6) is 0 Å². The molecule has 0 aliphatic carbocycles. The number of rotatable bonds is 17. The Labute approximate surface area is 200 Å². The van der Waals surface area contributed by atoms with Crippen molar-refractivity contribution < 1.29 is 47.6 Å². The standard InChI is InChI=1S/C22H38O10S/c1-14(19(23)29-4)8-15(20(24)30-5)9-16(21(25)31-6)10-17(22(26)32-7)12-33-13-18(28-3)11-27-2/h14-18H,8-13H2,1-7H3. The Morgan fingerprint density at radius 3 is 1.55 bits per heavy atom. The van der Waals surface area contributed by atoms with E-state index >= 15 is 0 Å². The first-order valence-electron chi connectivity index (χ1n) is 10.6. The van der Waals surface area contributed by atoms with E-state index in [4.69, 9.17) is 28.4 Å². The van der Waals surface area contributed by atoms with Gasteiger partial charge in [0.15, 0.2) is 0 Å². The molecule has 0 rings (SSSR count). The summed E-state index contributed by atoms with van der Waals surface area (Å²) < 4.78 is 29.9. The van der Waals surface area contributed by atoms with Crippen LogP contribution in [0, 0.1) is 23.7 Å². The molecule has 0 aromatic heterocycles. The highest BCUT2D eigenvalue weighted by Crippen LogP contribution is 2.29. The highest BCUT2D eigenvalue weighted by atomic mass is 32.2. The number of ether oxygens (including phenoxy) is 6. The van der Waals surface area contributed by atoms with Gasteiger partial charge in [-0.3, -0.25) is 19.2 Å². The summed E-state index contributed by atoms with van der Waals surface area (Å²) in [6.45, 7) is 2.05. The minimum absolute atomic E-state index is 0.0587. The summed E-state index contributed by atoms with van der Waals surface area (Å²) in [4.78, 5) is 49.2. The summed E-state index contributed by atoms with van der Waals surface area (Å²) in [5, 5.41) is 0. The summed E-state index contributed by atoms with van der Waals surface area (Å²) in [5.74, 6) is -3.77. The van der Waals surface area contributed by atoms with Gasteiger partial charge in [-0.15, -0.1) is 0 Å². The fraction of sp³-hybridized carbons (Fsp3) is 0.818. The van der Waals surface area contributed by atoms with Crippen molar-refractivity contribution in [2.75, 3.05) is 60.8 Å². The Hall–Kier alpha value is -1.85. The van der Waals surface area contributed by atoms with Gasteiger partial charge in [-0.25, -0.2) is 0 Å². The van der Waals surface area contributed by atoms with Crippen molar-refractivity contribution in [3.8, 4) is 0 Å². The number of hydrogen-bond donors (Lipinski definition) is 0. The van der Waals surface area contributed by atoms with E-state index in [0.29, 0.717) is 18.1 Å². The van der Waals surface area contributed by atoms with Gasteiger partial charge < -0.3 is 28.4 Å². The molecule has 0 aromatic carbocycles. The smallest absolute Gasteiger partial charge is 0.309 e. The van der Waals surface area contributed by atoms with Crippen LogP contribution in [0.25, 0.3) is 0 Å². The first-order valence-corrected chi connectivity index (χ1v) is 11.7. The van der Waals surface area contributed by atoms with Crippen LogP contribution in [-0.4, -0.2) is 90.8 Å². The number of esters is 4. The van der Waals surface area contributed by atoms with E-state index in [1.54, 1.807) is 21.1 Å². The molecule has 0 N–H and O–H groups in total. The van der Waals surface area contributed by atoms with Crippen LogP contribution in [0.15, 0.2) is 0 Å². The van der Waals surface area contributed by atoms with Crippen LogP contribution in [0.2, 0.25) is 0 Å². The first kappa shape index (κ1) is 31.1. The molecule has 0 amide bonds. The molecule has 5 unspecified atom stereocenters. The average molecular weight is 495 g/mol. The lowest BCUT2D eigenvalue weighted by atomic mass is 9.83. The lowest BCUT2D eigenvalue weighted by Crippen LogP contribution is -2.31. The van der Waals surface area contributed by atoms with Gasteiger partial charge in [-0.1, -0.05) is 6.92 Å². The second-order valence-electron chi connectivity index (χ2n) is 7.64. The van der Waals surface area contributed by atoms with Gasteiger partial charge in [-0.05, 0) is 19.3 Å². The molecule has 0 fully saturated rings. The molecule has 0 radical (unpaired) electrons. The van der Waals surface area contributed by atoms with Crippen LogP contribution >= 0.6 is 11.8 Å². The zero-order chi connectivity index (χ0) is 25.4. The summed E-state index contributed by atoms with van der Waals surface area (Å²) >= 11 is 1.48. The van der Waals surface area contributed by atoms with Crippen molar-refractivity contribution in [2.24, 2.45) is 23.7 Å². The first-order chi connectivity index (χ1) is 15.7. The molecular weight excluding hydrogens is 456 g/mol. The molecule has 192 valence electrons. The molecule has 0 bridgehead atoms. The van der Waals surface area contributed by atoms with Crippen molar-refractivity contribution in [1.82, 2.24) is 0 Å². The van der Waals surface area contributed by atoms with E-state index in [9.17, 15) is 19.2 Å². The van der Waals surface area contributed by atoms with Crippen LogP contribution < -0.4 is 0 Å². The third kappa shape index (κ3) is 11.7. The zero-order valence-electron chi connectivity index (χ0n) is 20.6. The second kappa shape index (κ2) is 17.6. The SMILES string of the molecule is COCC(CSCC(CC(CC(CC(C)C(=O)OC)C(=O)OC)C(=O)OC)C(=O)OC)OC. The molecule has 0 aliphatic heterocycles. The maximum absolute atomic E-state index is 12.5. The van der Waals surface area contributed by atoms with Crippen molar-refractivity contribution in [3.05, 3.63) is 0 Å². The van der Waals surface area contributed by atoms with Gasteiger partial charge in [0.1, 0.15) is 0 Å². The number of carbonyl (C=O) groups is 4. The van der Waals surface area contributed by atoms with E-state index in [1.165, 1.54) is 40.2 Å². The molecule has 0 heterocycles. The van der Waals surface area contributed by atoms with Crippen molar-refractivity contribution >= 4 is 35.6 Å². The molecule has 11 heteroatoms. The Morgan fingerprint density at radius 2 is 1.09 bits per heavy atom. The van der Waals surface area contributed by atoms with Gasteiger partial charge in [0, 0.05) is 25.7 Å². The molecule has 33 heavy (non-hydrogen) atoms. The van der Waals surface area contributed by atoms with Gasteiger partial charge in [0.05, 0.1) is 64.8 Å². The molecule has 0 saturated carbocycles. The van der Waals surface area contributed by atoms with E-state index < -0.39 is 47.5 Å².